The molecule has 194 valence electrons. The second-order valence-corrected chi connectivity index (χ2v) is 11.5. The number of rotatable bonds is 12. The highest BCUT2D eigenvalue weighted by molar-refractivity contribution is 8.00. The molecule has 0 saturated carbocycles. The number of ether oxygens (including phenoxy) is 1. The van der Waals surface area contributed by atoms with Crippen molar-refractivity contribution in [2.45, 2.75) is 113 Å². The molecule has 0 spiro atoms. The molecule has 0 radical (unpaired) electrons. The number of fused-ring (bicyclic) bond motifs is 1. The molecule has 2 aromatic rings. The van der Waals surface area contributed by atoms with Crippen LogP contribution in [-0.4, -0.2) is 27.7 Å². The minimum atomic E-state index is -0.0881. The molecule has 0 amide bonds. The topological polar surface area (TPSA) is 32.7 Å². The number of nitrogens with zero attached hydrogens (tertiary/aromatic N) is 1. The van der Waals surface area contributed by atoms with Gasteiger partial charge in [-0.05, 0) is 86.6 Å². The Balaban J connectivity index is 0.00000342. The fraction of sp³-hybridized carbons (Fsp3) is 0.600. The van der Waals surface area contributed by atoms with E-state index in [0.29, 0.717) is 12.1 Å². The number of hydrogen-bond donors (Lipinski definition) is 1. The van der Waals surface area contributed by atoms with Gasteiger partial charge in [0, 0.05) is 12.1 Å². The van der Waals surface area contributed by atoms with Crippen molar-refractivity contribution in [3.63, 3.8) is 0 Å². The molecule has 4 rings (SSSR count). The highest BCUT2D eigenvalue weighted by atomic mass is 35.5. The molecule has 2 atom stereocenters. The third kappa shape index (κ3) is 6.77. The molecule has 35 heavy (non-hydrogen) atoms. The van der Waals surface area contributed by atoms with Crippen LogP contribution in [0.1, 0.15) is 101 Å². The van der Waals surface area contributed by atoms with Crippen molar-refractivity contribution < 1.29 is 9.84 Å². The smallest absolute Gasteiger partial charge is 0.159 e. The number of likely N-dealkylation sites (tertiary alicyclic amines) is 1. The summed E-state index contributed by atoms with van der Waals surface area (Å²) in [6.07, 6.45) is 12.6. The molecule has 3 nitrogen and oxygen atoms in total. The Morgan fingerprint density at radius 2 is 1.66 bits per heavy atom. The molecule has 0 bridgehead atoms. The van der Waals surface area contributed by atoms with Gasteiger partial charge in [-0.15, -0.1) is 12.4 Å². The van der Waals surface area contributed by atoms with E-state index >= 15 is 0 Å². The van der Waals surface area contributed by atoms with Gasteiger partial charge in [0.2, 0.25) is 0 Å². The molecule has 1 N–H and O–H groups in total. The van der Waals surface area contributed by atoms with E-state index in [1.54, 1.807) is 0 Å². The molecule has 2 aromatic carbocycles. The zero-order valence-electron chi connectivity index (χ0n) is 21.8. The summed E-state index contributed by atoms with van der Waals surface area (Å²) in [5, 5.41) is 10.3. The molecule has 0 aliphatic carbocycles. The summed E-state index contributed by atoms with van der Waals surface area (Å²) in [4.78, 5) is 3.53. The fourth-order valence-corrected chi connectivity index (χ4v) is 7.06. The Hall–Kier alpha value is -1.20. The second kappa shape index (κ2) is 13.4. The largest absolute Gasteiger partial charge is 0.475 e. The molecule has 1 saturated heterocycles. The van der Waals surface area contributed by atoms with Crippen LogP contribution in [0.4, 0.5) is 0 Å². The van der Waals surface area contributed by atoms with E-state index in [9.17, 15) is 5.11 Å². The number of halogens is 1. The predicted octanol–water partition coefficient (Wildman–Crippen LogP) is 8.32. The van der Waals surface area contributed by atoms with Crippen LogP contribution < -0.4 is 4.74 Å². The summed E-state index contributed by atoms with van der Waals surface area (Å²) < 4.78 is 6.59. The Morgan fingerprint density at radius 3 is 2.29 bits per heavy atom. The van der Waals surface area contributed by atoms with Crippen LogP contribution in [-0.2, 0) is 12.8 Å². The SMILES string of the molecule is CCCCC1(CCCC)Oc2ccc(C3CCC(CCc4ccc(CC)cc4)N3CO)cc2S1.Cl. The molecule has 2 aliphatic heterocycles. The lowest BCUT2D eigenvalue weighted by atomic mass is 10.0. The van der Waals surface area contributed by atoms with E-state index in [-0.39, 0.29) is 24.1 Å². The van der Waals surface area contributed by atoms with Gasteiger partial charge in [-0.3, -0.25) is 4.90 Å². The first kappa shape index (κ1) is 28.4. The first-order valence-electron chi connectivity index (χ1n) is 13.6. The Morgan fingerprint density at radius 1 is 0.971 bits per heavy atom. The van der Waals surface area contributed by atoms with Crippen LogP contribution in [0, 0.1) is 0 Å². The monoisotopic (exact) mass is 517 g/mol. The maximum absolute atomic E-state index is 10.3. The van der Waals surface area contributed by atoms with Crippen molar-refractivity contribution in [3.8, 4) is 5.75 Å². The van der Waals surface area contributed by atoms with Crippen molar-refractivity contribution in [3.05, 3.63) is 59.2 Å². The van der Waals surface area contributed by atoms with Crippen molar-refractivity contribution in [1.82, 2.24) is 4.90 Å². The highest BCUT2D eigenvalue weighted by Crippen LogP contribution is 2.53. The number of hydrogen-bond acceptors (Lipinski definition) is 4. The maximum Gasteiger partial charge on any atom is 0.159 e. The van der Waals surface area contributed by atoms with Gasteiger partial charge in [-0.25, -0.2) is 0 Å². The van der Waals surface area contributed by atoms with Gasteiger partial charge in [-0.1, -0.05) is 75.7 Å². The lowest BCUT2D eigenvalue weighted by molar-refractivity contribution is 0.0596. The first-order valence-corrected chi connectivity index (χ1v) is 14.4. The molecule has 2 unspecified atom stereocenters. The van der Waals surface area contributed by atoms with Gasteiger partial charge < -0.3 is 9.84 Å². The van der Waals surface area contributed by atoms with Crippen LogP contribution in [0.15, 0.2) is 47.4 Å². The lowest BCUT2D eigenvalue weighted by Crippen LogP contribution is -2.32. The van der Waals surface area contributed by atoms with E-state index in [1.165, 1.54) is 47.3 Å². The van der Waals surface area contributed by atoms with Crippen LogP contribution in [0.25, 0.3) is 0 Å². The highest BCUT2D eigenvalue weighted by Gasteiger charge is 2.40. The minimum Gasteiger partial charge on any atom is -0.475 e. The molecule has 1 fully saturated rings. The molecular formula is C30H44ClNO2S. The zero-order valence-corrected chi connectivity index (χ0v) is 23.4. The normalized spacial score (nSPS) is 20.9. The number of aryl methyl sites for hydroxylation is 2. The Bertz CT molecular complexity index is 911. The molecule has 0 aromatic heterocycles. The third-order valence-corrected chi connectivity index (χ3v) is 9.17. The summed E-state index contributed by atoms with van der Waals surface area (Å²) in [7, 11) is 0. The summed E-state index contributed by atoms with van der Waals surface area (Å²) in [6.45, 7) is 6.85. The number of unbranched alkanes of at least 4 members (excludes halogenated alkanes) is 2. The van der Waals surface area contributed by atoms with E-state index in [2.05, 4.69) is 68.1 Å². The summed E-state index contributed by atoms with van der Waals surface area (Å²) in [5.41, 5.74) is 4.13. The van der Waals surface area contributed by atoms with Crippen molar-refractivity contribution in [2.75, 3.05) is 6.73 Å². The predicted molar refractivity (Wildman–Crippen MR) is 151 cm³/mol. The van der Waals surface area contributed by atoms with E-state index in [4.69, 9.17) is 4.74 Å². The van der Waals surface area contributed by atoms with Crippen molar-refractivity contribution in [1.29, 1.82) is 0 Å². The van der Waals surface area contributed by atoms with Crippen molar-refractivity contribution >= 4 is 24.2 Å². The zero-order chi connectivity index (χ0) is 24.0. The van der Waals surface area contributed by atoms with Gasteiger partial charge in [0.05, 0.1) is 11.6 Å². The first-order chi connectivity index (χ1) is 16.6. The van der Waals surface area contributed by atoms with Crippen LogP contribution in [0.3, 0.4) is 0 Å². The molecular weight excluding hydrogens is 474 g/mol. The van der Waals surface area contributed by atoms with Gasteiger partial charge in [-0.2, -0.15) is 0 Å². The minimum absolute atomic E-state index is 0. The average Bonchev–Trinajstić information content (AvgIpc) is 3.45. The average molecular weight is 518 g/mol. The fourth-order valence-electron chi connectivity index (χ4n) is 5.63. The number of thioether (sulfide) groups is 1. The Labute approximate surface area is 223 Å². The number of aliphatic hydroxyl groups is 1. The van der Waals surface area contributed by atoms with E-state index in [1.807, 2.05) is 11.8 Å². The summed E-state index contributed by atoms with van der Waals surface area (Å²) in [5.74, 6) is 1.06. The van der Waals surface area contributed by atoms with E-state index in [0.717, 1.165) is 50.7 Å². The summed E-state index contributed by atoms with van der Waals surface area (Å²) in [6, 6.07) is 16.6. The maximum atomic E-state index is 10.3. The van der Waals surface area contributed by atoms with Gasteiger partial charge in [0.15, 0.2) is 4.93 Å². The van der Waals surface area contributed by atoms with Gasteiger partial charge >= 0.3 is 0 Å². The van der Waals surface area contributed by atoms with Gasteiger partial charge in [0.25, 0.3) is 0 Å². The number of benzene rings is 2. The van der Waals surface area contributed by atoms with Gasteiger partial charge in [0.1, 0.15) is 5.75 Å². The third-order valence-electron chi connectivity index (χ3n) is 7.77. The van der Waals surface area contributed by atoms with Crippen LogP contribution in [0.5, 0.6) is 5.75 Å². The lowest BCUT2D eigenvalue weighted by Gasteiger charge is -2.28. The molecule has 2 aliphatic rings. The molecule has 5 heteroatoms. The quantitative estimate of drug-likeness (QED) is 0.306. The van der Waals surface area contributed by atoms with Crippen molar-refractivity contribution in [2.24, 2.45) is 0 Å². The summed E-state index contributed by atoms with van der Waals surface area (Å²) >= 11 is 1.95. The number of aliphatic hydroxyl groups excluding tert-OH is 1. The molecule has 2 heterocycles. The van der Waals surface area contributed by atoms with Crippen LogP contribution >= 0.6 is 24.2 Å². The van der Waals surface area contributed by atoms with E-state index < -0.39 is 0 Å². The van der Waals surface area contributed by atoms with Crippen LogP contribution in [0.2, 0.25) is 0 Å². The standard InChI is InChI=1S/C30H43NO2S.ClH/c1-4-7-19-30(20-8-5-2)33-28-18-14-25(21-29(28)34-30)27-17-16-26(31(27)22-32)15-13-24-11-9-23(6-3)10-12-24;/h9-12,14,18,21,26-27,32H,4-8,13,15-17,19-20,22H2,1-3H3;1H. The second-order valence-electron chi connectivity index (χ2n) is 10.1. The Kier molecular flexibility index (Phi) is 10.8.